The number of halogens is 1. The topological polar surface area (TPSA) is 59.1 Å². The fourth-order valence-corrected chi connectivity index (χ4v) is 4.88. The van der Waals surface area contributed by atoms with Crippen LogP contribution in [0.1, 0.15) is 5.56 Å². The van der Waals surface area contributed by atoms with Crippen molar-refractivity contribution in [2.45, 2.75) is 11.8 Å². The van der Waals surface area contributed by atoms with Crippen molar-refractivity contribution in [2.75, 3.05) is 45.3 Å². The molecule has 1 aliphatic rings. The van der Waals surface area contributed by atoms with E-state index in [0.29, 0.717) is 43.2 Å². The second-order valence-electron chi connectivity index (χ2n) is 6.34. The highest BCUT2D eigenvalue weighted by atomic mass is 32.2. The molecule has 1 saturated heterocycles. The number of anilines is 1. The van der Waals surface area contributed by atoms with Gasteiger partial charge in [-0.2, -0.15) is 4.31 Å². The van der Waals surface area contributed by atoms with Crippen molar-refractivity contribution >= 4 is 15.7 Å². The first kappa shape index (κ1) is 19.4. The summed E-state index contributed by atoms with van der Waals surface area (Å²) in [5, 5.41) is 0. The average molecular weight is 394 g/mol. The quantitative estimate of drug-likeness (QED) is 0.780. The summed E-state index contributed by atoms with van der Waals surface area (Å²) in [5.74, 6) is 0.977. The molecule has 0 atom stereocenters. The summed E-state index contributed by atoms with van der Waals surface area (Å²) in [4.78, 5) is 2.22. The van der Waals surface area contributed by atoms with Crippen LogP contribution in [0.3, 0.4) is 0 Å². The second kappa shape index (κ2) is 7.74. The molecular formula is C19H23FN2O4S. The summed E-state index contributed by atoms with van der Waals surface area (Å²) in [6.07, 6.45) is 0. The zero-order valence-corrected chi connectivity index (χ0v) is 16.4. The molecule has 0 saturated carbocycles. The van der Waals surface area contributed by atoms with Crippen LogP contribution in [0, 0.1) is 12.7 Å². The summed E-state index contributed by atoms with van der Waals surface area (Å²) >= 11 is 0. The predicted molar refractivity (Wildman–Crippen MR) is 102 cm³/mol. The lowest BCUT2D eigenvalue weighted by Crippen LogP contribution is -2.48. The van der Waals surface area contributed by atoms with Crippen molar-refractivity contribution in [3.63, 3.8) is 0 Å². The number of hydrogen-bond donors (Lipinski definition) is 0. The molecule has 3 rings (SSSR count). The van der Waals surface area contributed by atoms with Crippen molar-refractivity contribution in [3.8, 4) is 11.5 Å². The lowest BCUT2D eigenvalue weighted by Gasteiger charge is -2.36. The van der Waals surface area contributed by atoms with Crippen LogP contribution in [0.25, 0.3) is 0 Å². The first-order chi connectivity index (χ1) is 12.9. The molecule has 0 aromatic heterocycles. The Labute approximate surface area is 159 Å². The van der Waals surface area contributed by atoms with Crippen molar-refractivity contribution < 1.29 is 22.3 Å². The zero-order chi connectivity index (χ0) is 19.6. The van der Waals surface area contributed by atoms with E-state index in [1.54, 1.807) is 21.1 Å². The maximum absolute atomic E-state index is 13.3. The molecule has 146 valence electrons. The Hall–Kier alpha value is -2.32. The minimum atomic E-state index is -3.66. The number of ether oxygens (including phenoxy) is 2. The molecule has 0 radical (unpaired) electrons. The Balaban J connectivity index is 1.79. The SMILES string of the molecule is COc1ccc(OC)c(N2CCN(S(=O)(=O)c3ccc(F)cc3C)CC2)c1. The van der Waals surface area contributed by atoms with Crippen LogP contribution in [-0.4, -0.2) is 53.1 Å². The number of nitrogens with zero attached hydrogens (tertiary/aromatic N) is 2. The van der Waals surface area contributed by atoms with Gasteiger partial charge in [-0.15, -0.1) is 0 Å². The Morgan fingerprint density at radius 1 is 0.963 bits per heavy atom. The summed E-state index contributed by atoms with van der Waals surface area (Å²) in [6.45, 7) is 3.30. The van der Waals surface area contributed by atoms with Crippen molar-refractivity contribution in [1.29, 1.82) is 0 Å². The van der Waals surface area contributed by atoms with Gasteiger partial charge in [0.05, 0.1) is 24.8 Å². The summed E-state index contributed by atoms with van der Waals surface area (Å²) in [7, 11) is -0.461. The molecule has 1 aliphatic heterocycles. The fraction of sp³-hybridized carbons (Fsp3) is 0.368. The Morgan fingerprint density at radius 3 is 2.26 bits per heavy atom. The number of methoxy groups -OCH3 is 2. The average Bonchev–Trinajstić information content (AvgIpc) is 2.67. The summed E-state index contributed by atoms with van der Waals surface area (Å²) < 4.78 is 51.3. The van der Waals surface area contributed by atoms with E-state index in [0.717, 1.165) is 5.69 Å². The first-order valence-electron chi connectivity index (χ1n) is 8.60. The maximum atomic E-state index is 13.3. The second-order valence-corrected chi connectivity index (χ2v) is 8.25. The van der Waals surface area contributed by atoms with Gasteiger partial charge in [0.2, 0.25) is 10.0 Å². The van der Waals surface area contributed by atoms with Gasteiger partial charge >= 0.3 is 0 Å². The van der Waals surface area contributed by atoms with Gasteiger partial charge in [0.1, 0.15) is 17.3 Å². The standard InChI is InChI=1S/C19H23FN2O4S/c1-14-12-15(20)4-7-19(14)27(23,24)22-10-8-21(9-11-22)17-13-16(25-2)5-6-18(17)26-3/h4-7,12-13H,8-11H2,1-3H3. The zero-order valence-electron chi connectivity index (χ0n) is 15.6. The lowest BCUT2D eigenvalue weighted by molar-refractivity contribution is 0.376. The third kappa shape index (κ3) is 3.86. The molecule has 0 N–H and O–H groups in total. The molecule has 0 unspecified atom stereocenters. The van der Waals surface area contributed by atoms with Crippen LogP contribution in [0.2, 0.25) is 0 Å². The fourth-order valence-electron chi connectivity index (χ4n) is 3.25. The first-order valence-corrected chi connectivity index (χ1v) is 10.0. The predicted octanol–water partition coefficient (Wildman–Crippen LogP) is 2.66. The lowest BCUT2D eigenvalue weighted by atomic mass is 10.2. The molecule has 27 heavy (non-hydrogen) atoms. The van der Waals surface area contributed by atoms with Gasteiger partial charge in [-0.3, -0.25) is 0 Å². The molecule has 0 bridgehead atoms. The summed E-state index contributed by atoms with van der Waals surface area (Å²) in [6, 6.07) is 9.28. The normalized spacial score (nSPS) is 15.6. The highest BCUT2D eigenvalue weighted by Crippen LogP contribution is 2.33. The molecule has 6 nitrogen and oxygen atoms in total. The van der Waals surface area contributed by atoms with Gasteiger partial charge in [0, 0.05) is 32.2 Å². The number of aryl methyl sites for hydroxylation is 1. The van der Waals surface area contributed by atoms with Gasteiger partial charge in [-0.05, 0) is 42.8 Å². The monoisotopic (exact) mass is 394 g/mol. The largest absolute Gasteiger partial charge is 0.497 e. The van der Waals surface area contributed by atoms with Crippen LogP contribution in [0.5, 0.6) is 11.5 Å². The molecule has 8 heteroatoms. The van der Waals surface area contributed by atoms with Crippen molar-refractivity contribution in [1.82, 2.24) is 4.31 Å². The van der Waals surface area contributed by atoms with E-state index >= 15 is 0 Å². The smallest absolute Gasteiger partial charge is 0.243 e. The molecule has 2 aromatic rings. The molecule has 1 heterocycles. The van der Waals surface area contributed by atoms with Crippen LogP contribution in [0.15, 0.2) is 41.3 Å². The highest BCUT2D eigenvalue weighted by molar-refractivity contribution is 7.89. The third-order valence-electron chi connectivity index (χ3n) is 4.72. The Kier molecular flexibility index (Phi) is 5.57. The molecule has 0 aliphatic carbocycles. The van der Waals surface area contributed by atoms with E-state index in [9.17, 15) is 12.8 Å². The van der Waals surface area contributed by atoms with E-state index in [1.807, 2.05) is 18.2 Å². The minimum Gasteiger partial charge on any atom is -0.497 e. The van der Waals surface area contributed by atoms with Gasteiger partial charge < -0.3 is 14.4 Å². The number of sulfonamides is 1. The molecule has 0 amide bonds. The number of rotatable bonds is 5. The summed E-state index contributed by atoms with van der Waals surface area (Å²) in [5.41, 5.74) is 1.28. The maximum Gasteiger partial charge on any atom is 0.243 e. The van der Waals surface area contributed by atoms with Crippen molar-refractivity contribution in [3.05, 3.63) is 47.8 Å². The van der Waals surface area contributed by atoms with Crippen LogP contribution in [0.4, 0.5) is 10.1 Å². The van der Waals surface area contributed by atoms with Gasteiger partial charge in [0.15, 0.2) is 0 Å². The van der Waals surface area contributed by atoms with Crippen LogP contribution in [-0.2, 0) is 10.0 Å². The van der Waals surface area contributed by atoms with Crippen molar-refractivity contribution in [2.24, 2.45) is 0 Å². The van der Waals surface area contributed by atoms with Gasteiger partial charge in [0.25, 0.3) is 0 Å². The van der Waals surface area contributed by atoms with Crippen LogP contribution < -0.4 is 14.4 Å². The Bertz CT molecular complexity index is 925. The molecular weight excluding hydrogens is 371 g/mol. The van der Waals surface area contributed by atoms with E-state index in [1.165, 1.54) is 22.5 Å². The molecule has 1 fully saturated rings. The van der Waals surface area contributed by atoms with E-state index in [4.69, 9.17) is 9.47 Å². The molecule has 2 aromatic carbocycles. The molecule has 0 spiro atoms. The van der Waals surface area contributed by atoms with Crippen LogP contribution >= 0.6 is 0 Å². The number of benzene rings is 2. The number of piperazine rings is 1. The van der Waals surface area contributed by atoms with Gasteiger partial charge in [-0.1, -0.05) is 0 Å². The third-order valence-corrected chi connectivity index (χ3v) is 6.78. The highest BCUT2D eigenvalue weighted by Gasteiger charge is 2.30. The minimum absolute atomic E-state index is 0.149. The Morgan fingerprint density at radius 2 is 1.67 bits per heavy atom. The van der Waals surface area contributed by atoms with E-state index in [-0.39, 0.29) is 4.90 Å². The number of hydrogen-bond acceptors (Lipinski definition) is 5. The van der Waals surface area contributed by atoms with E-state index < -0.39 is 15.8 Å². The van der Waals surface area contributed by atoms with E-state index in [2.05, 4.69) is 4.90 Å². The van der Waals surface area contributed by atoms with Gasteiger partial charge in [-0.25, -0.2) is 12.8 Å².